The van der Waals surface area contributed by atoms with E-state index in [0.717, 1.165) is 5.56 Å². The van der Waals surface area contributed by atoms with Crippen LogP contribution in [-0.4, -0.2) is 18.9 Å². The van der Waals surface area contributed by atoms with Gasteiger partial charge in [-0.05, 0) is 29.8 Å². The lowest BCUT2D eigenvalue weighted by Crippen LogP contribution is -2.34. The van der Waals surface area contributed by atoms with Gasteiger partial charge in [0.1, 0.15) is 11.8 Å². The molecule has 0 N–H and O–H groups in total. The Bertz CT molecular complexity index is 680. The van der Waals surface area contributed by atoms with Gasteiger partial charge in [0.05, 0.1) is 13.2 Å². The molecule has 2 aromatic rings. The number of rotatable bonds is 6. The van der Waals surface area contributed by atoms with Gasteiger partial charge in [-0.25, -0.2) is 0 Å². The van der Waals surface area contributed by atoms with Crippen LogP contribution in [0.4, 0.5) is 5.69 Å². The summed E-state index contributed by atoms with van der Waals surface area (Å²) in [5, 5.41) is 9.63. The van der Waals surface area contributed by atoms with Gasteiger partial charge < -0.3 is 4.74 Å². The van der Waals surface area contributed by atoms with Crippen molar-refractivity contribution in [2.75, 3.05) is 17.9 Å². The van der Waals surface area contributed by atoms with Crippen molar-refractivity contribution in [1.82, 2.24) is 0 Å². The minimum absolute atomic E-state index is 0.165. The molecule has 0 fully saturated rings. The van der Waals surface area contributed by atoms with E-state index < -0.39 is 6.04 Å². The Morgan fingerprint density at radius 2 is 1.87 bits per heavy atom. The fourth-order valence-electron chi connectivity index (χ4n) is 2.30. The maximum absolute atomic E-state index is 12.5. The number of hydrogen-bond acceptors (Lipinski definition) is 3. The van der Waals surface area contributed by atoms with E-state index >= 15 is 0 Å². The van der Waals surface area contributed by atoms with Crippen LogP contribution in [-0.2, 0) is 4.79 Å². The summed E-state index contributed by atoms with van der Waals surface area (Å²) in [7, 11) is 1.58. The molecule has 0 radical (unpaired) electrons. The Balaban J connectivity index is 2.44. The summed E-state index contributed by atoms with van der Waals surface area (Å²) in [5.74, 6) is 0.700. The molecule has 1 atom stereocenters. The molecule has 0 aliphatic rings. The molecule has 0 aromatic heterocycles. The van der Waals surface area contributed by atoms with Crippen LogP contribution in [0.5, 0.6) is 5.75 Å². The Labute approximate surface area is 140 Å². The predicted octanol–water partition coefficient (Wildman–Crippen LogP) is 3.92. The van der Waals surface area contributed by atoms with Crippen LogP contribution in [0, 0.1) is 11.3 Å². The topological polar surface area (TPSA) is 53.3 Å². The number of nitrogens with zero attached hydrogens (tertiary/aromatic N) is 2. The molecule has 1 amide bonds. The number of alkyl halides is 1. The molecule has 0 saturated heterocycles. The van der Waals surface area contributed by atoms with Crippen LogP contribution in [0.2, 0.25) is 0 Å². The second-order valence-corrected chi connectivity index (χ2v) is 5.22. The number of nitriles is 1. The molecular weight excluding hydrogens is 312 g/mol. The maximum atomic E-state index is 12.5. The highest BCUT2D eigenvalue weighted by molar-refractivity contribution is 6.19. The van der Waals surface area contributed by atoms with Crippen LogP contribution >= 0.6 is 11.6 Å². The average molecular weight is 329 g/mol. The number of amides is 1. The minimum atomic E-state index is -0.708. The van der Waals surface area contributed by atoms with E-state index in [9.17, 15) is 10.1 Å². The third-order valence-corrected chi connectivity index (χ3v) is 3.61. The van der Waals surface area contributed by atoms with Gasteiger partial charge >= 0.3 is 0 Å². The first kappa shape index (κ1) is 16.9. The highest BCUT2D eigenvalue weighted by atomic mass is 35.5. The first-order chi connectivity index (χ1) is 11.2. The SMILES string of the molecule is COc1ccc(N(C(=O)CCCl)[C@@H](C#N)c2ccccc2)cc1. The zero-order chi connectivity index (χ0) is 16.7. The highest BCUT2D eigenvalue weighted by Gasteiger charge is 2.26. The molecule has 0 bridgehead atoms. The highest BCUT2D eigenvalue weighted by Crippen LogP contribution is 2.29. The zero-order valence-corrected chi connectivity index (χ0v) is 13.5. The molecule has 4 nitrogen and oxygen atoms in total. The summed E-state index contributed by atoms with van der Waals surface area (Å²) in [6, 6.07) is 17.8. The first-order valence-electron chi connectivity index (χ1n) is 7.18. The molecule has 0 aliphatic heterocycles. The summed E-state index contributed by atoms with van der Waals surface area (Å²) in [4.78, 5) is 14.0. The monoisotopic (exact) mass is 328 g/mol. The number of carbonyl (C=O) groups is 1. The summed E-state index contributed by atoms with van der Waals surface area (Å²) in [6.45, 7) is 0. The molecule has 2 aromatic carbocycles. The van der Waals surface area contributed by atoms with Crippen LogP contribution in [0.15, 0.2) is 54.6 Å². The fourth-order valence-corrected chi connectivity index (χ4v) is 2.46. The van der Waals surface area contributed by atoms with Crippen LogP contribution in [0.1, 0.15) is 18.0 Å². The number of halogens is 1. The largest absolute Gasteiger partial charge is 0.497 e. The third kappa shape index (κ3) is 4.02. The van der Waals surface area contributed by atoms with Crippen molar-refractivity contribution >= 4 is 23.2 Å². The second kappa shape index (κ2) is 8.21. The molecule has 23 heavy (non-hydrogen) atoms. The van der Waals surface area contributed by atoms with Gasteiger partial charge in [-0.1, -0.05) is 30.3 Å². The molecule has 5 heteroatoms. The van der Waals surface area contributed by atoms with E-state index in [1.165, 1.54) is 4.90 Å². The number of anilines is 1. The van der Waals surface area contributed by atoms with Crippen molar-refractivity contribution in [3.8, 4) is 11.8 Å². The number of ether oxygens (including phenoxy) is 1. The van der Waals surface area contributed by atoms with E-state index in [2.05, 4.69) is 6.07 Å². The Hall–Kier alpha value is -2.51. The Morgan fingerprint density at radius 3 is 2.39 bits per heavy atom. The summed E-state index contributed by atoms with van der Waals surface area (Å²) < 4.78 is 5.14. The van der Waals surface area contributed by atoms with Gasteiger partial charge in [-0.3, -0.25) is 9.69 Å². The Kier molecular flexibility index (Phi) is 6.02. The van der Waals surface area contributed by atoms with Crippen molar-refractivity contribution in [2.24, 2.45) is 0 Å². The molecule has 0 heterocycles. The lowest BCUT2D eigenvalue weighted by Gasteiger charge is -2.28. The first-order valence-corrected chi connectivity index (χ1v) is 7.71. The normalized spacial score (nSPS) is 11.3. The number of hydrogen-bond donors (Lipinski definition) is 0. The number of carbonyl (C=O) groups excluding carboxylic acids is 1. The molecular formula is C18H17ClN2O2. The lowest BCUT2D eigenvalue weighted by atomic mass is 10.0. The van der Waals surface area contributed by atoms with Crippen molar-refractivity contribution in [1.29, 1.82) is 5.26 Å². The van der Waals surface area contributed by atoms with E-state index in [-0.39, 0.29) is 18.2 Å². The summed E-state index contributed by atoms with van der Waals surface area (Å²) >= 11 is 5.72. The predicted molar refractivity (Wildman–Crippen MR) is 90.6 cm³/mol. The van der Waals surface area contributed by atoms with Gasteiger partial charge in [0.25, 0.3) is 0 Å². The third-order valence-electron chi connectivity index (χ3n) is 3.42. The van der Waals surface area contributed by atoms with Crippen LogP contribution < -0.4 is 9.64 Å². The quantitative estimate of drug-likeness (QED) is 0.755. The average Bonchev–Trinajstić information content (AvgIpc) is 2.60. The standard InChI is InChI=1S/C18H17ClN2O2/c1-23-16-9-7-15(8-10-16)21(18(22)11-12-19)17(13-20)14-5-3-2-4-6-14/h2-10,17H,11-12H2,1H3/t17-/m0/s1. The lowest BCUT2D eigenvalue weighted by molar-refractivity contribution is -0.118. The van der Waals surface area contributed by atoms with Crippen molar-refractivity contribution < 1.29 is 9.53 Å². The molecule has 0 saturated carbocycles. The van der Waals surface area contributed by atoms with E-state index in [1.807, 2.05) is 30.3 Å². The van der Waals surface area contributed by atoms with Crippen LogP contribution in [0.25, 0.3) is 0 Å². The minimum Gasteiger partial charge on any atom is -0.497 e. The fraction of sp³-hybridized carbons (Fsp3) is 0.222. The smallest absolute Gasteiger partial charge is 0.229 e. The zero-order valence-electron chi connectivity index (χ0n) is 12.8. The van der Waals surface area contributed by atoms with Crippen molar-refractivity contribution in [3.05, 3.63) is 60.2 Å². The summed E-state index contributed by atoms with van der Waals surface area (Å²) in [5.41, 5.74) is 1.39. The number of methoxy groups -OCH3 is 1. The van der Waals surface area contributed by atoms with Gasteiger partial charge in [0.15, 0.2) is 0 Å². The second-order valence-electron chi connectivity index (χ2n) is 4.84. The van der Waals surface area contributed by atoms with Crippen molar-refractivity contribution in [2.45, 2.75) is 12.5 Å². The molecule has 0 aliphatic carbocycles. The van der Waals surface area contributed by atoms with Gasteiger partial charge in [-0.15, -0.1) is 11.6 Å². The molecule has 2 rings (SSSR count). The molecule has 0 spiro atoms. The number of benzene rings is 2. The van der Waals surface area contributed by atoms with Crippen molar-refractivity contribution in [3.63, 3.8) is 0 Å². The van der Waals surface area contributed by atoms with Crippen LogP contribution in [0.3, 0.4) is 0 Å². The maximum Gasteiger partial charge on any atom is 0.229 e. The van der Waals surface area contributed by atoms with Gasteiger partial charge in [0, 0.05) is 18.0 Å². The molecule has 0 unspecified atom stereocenters. The Morgan fingerprint density at radius 1 is 1.22 bits per heavy atom. The van der Waals surface area contributed by atoms with E-state index in [0.29, 0.717) is 11.4 Å². The van der Waals surface area contributed by atoms with Gasteiger partial charge in [-0.2, -0.15) is 5.26 Å². The van der Waals surface area contributed by atoms with E-state index in [1.54, 1.807) is 31.4 Å². The van der Waals surface area contributed by atoms with E-state index in [4.69, 9.17) is 16.3 Å². The summed E-state index contributed by atoms with van der Waals surface area (Å²) in [6.07, 6.45) is 0.165. The molecule has 118 valence electrons. The van der Waals surface area contributed by atoms with Gasteiger partial charge in [0.2, 0.25) is 5.91 Å².